The van der Waals surface area contributed by atoms with Gasteiger partial charge >= 0.3 is 12.6 Å². The van der Waals surface area contributed by atoms with Crippen LogP contribution < -0.4 is 9.47 Å². The maximum absolute atomic E-state index is 12.1. The van der Waals surface area contributed by atoms with E-state index in [1.54, 1.807) is 0 Å². The lowest BCUT2D eigenvalue weighted by Crippen LogP contribution is -2.06. The molecule has 0 bridgehead atoms. The van der Waals surface area contributed by atoms with Crippen molar-refractivity contribution in [1.29, 1.82) is 0 Å². The van der Waals surface area contributed by atoms with Gasteiger partial charge in [0.15, 0.2) is 0 Å². The van der Waals surface area contributed by atoms with Gasteiger partial charge in [-0.3, -0.25) is 0 Å². The summed E-state index contributed by atoms with van der Waals surface area (Å²) in [5.41, 5.74) is 0.630. The Morgan fingerprint density at radius 2 is 1.86 bits per heavy atom. The van der Waals surface area contributed by atoms with E-state index in [4.69, 9.17) is 9.84 Å². The van der Waals surface area contributed by atoms with E-state index in [9.17, 15) is 13.6 Å². The van der Waals surface area contributed by atoms with Crippen LogP contribution in [0, 0.1) is 0 Å². The van der Waals surface area contributed by atoms with Gasteiger partial charge in [0, 0.05) is 0 Å². The van der Waals surface area contributed by atoms with E-state index in [2.05, 4.69) is 4.74 Å². The zero-order valence-electron chi connectivity index (χ0n) is 10.8. The summed E-state index contributed by atoms with van der Waals surface area (Å²) < 4.78 is 33.8. The molecular formula is C15H12F2O4. The molecule has 0 spiro atoms. The average molecular weight is 294 g/mol. The van der Waals surface area contributed by atoms with Crippen molar-refractivity contribution < 1.29 is 28.2 Å². The highest BCUT2D eigenvalue weighted by atomic mass is 19.3. The lowest BCUT2D eigenvalue weighted by Gasteiger charge is -2.11. The summed E-state index contributed by atoms with van der Waals surface area (Å²) in [5.74, 6) is -1.42. The fourth-order valence-electron chi connectivity index (χ4n) is 1.71. The Bertz CT molecular complexity index is 614. The van der Waals surface area contributed by atoms with Gasteiger partial charge in [-0.2, -0.15) is 8.78 Å². The van der Waals surface area contributed by atoms with Crippen molar-refractivity contribution in [2.75, 3.05) is 0 Å². The Hall–Kier alpha value is -2.63. The Morgan fingerprint density at radius 1 is 1.14 bits per heavy atom. The summed E-state index contributed by atoms with van der Waals surface area (Å²) in [6.07, 6.45) is 0. The van der Waals surface area contributed by atoms with Crippen LogP contribution in [0.1, 0.15) is 15.9 Å². The van der Waals surface area contributed by atoms with Gasteiger partial charge in [-0.25, -0.2) is 4.79 Å². The Morgan fingerprint density at radius 3 is 2.48 bits per heavy atom. The molecule has 0 atom stereocenters. The Balaban J connectivity index is 2.16. The van der Waals surface area contributed by atoms with Crippen LogP contribution >= 0.6 is 0 Å². The average Bonchev–Trinajstić information content (AvgIpc) is 2.46. The van der Waals surface area contributed by atoms with Gasteiger partial charge in [0.25, 0.3) is 0 Å². The summed E-state index contributed by atoms with van der Waals surface area (Å²) in [4.78, 5) is 11.1. The molecule has 2 rings (SSSR count). The predicted octanol–water partition coefficient (Wildman–Crippen LogP) is 3.57. The van der Waals surface area contributed by atoms with Crippen molar-refractivity contribution in [3.05, 3.63) is 59.7 Å². The van der Waals surface area contributed by atoms with E-state index in [0.29, 0.717) is 0 Å². The minimum atomic E-state index is -3.01. The molecule has 110 valence electrons. The first-order valence-corrected chi connectivity index (χ1v) is 6.05. The van der Waals surface area contributed by atoms with Gasteiger partial charge in [-0.1, -0.05) is 30.3 Å². The van der Waals surface area contributed by atoms with Crippen molar-refractivity contribution in [3.8, 4) is 11.5 Å². The highest BCUT2D eigenvalue weighted by Gasteiger charge is 2.15. The first-order chi connectivity index (χ1) is 10.1. The van der Waals surface area contributed by atoms with E-state index >= 15 is 0 Å². The molecule has 0 aliphatic heterocycles. The summed E-state index contributed by atoms with van der Waals surface area (Å²) in [6.45, 7) is -2.83. The summed E-state index contributed by atoms with van der Waals surface area (Å²) in [5, 5.41) is 9.10. The normalized spacial score (nSPS) is 10.4. The molecule has 0 unspecified atom stereocenters. The largest absolute Gasteiger partial charge is 0.488 e. The van der Waals surface area contributed by atoms with Gasteiger partial charge < -0.3 is 14.6 Å². The Labute approximate surface area is 119 Å². The van der Waals surface area contributed by atoms with Gasteiger partial charge in [0.05, 0.1) is 0 Å². The van der Waals surface area contributed by atoms with Gasteiger partial charge in [0.2, 0.25) is 0 Å². The quantitative estimate of drug-likeness (QED) is 0.885. The number of hydrogen-bond acceptors (Lipinski definition) is 3. The minimum absolute atomic E-state index is 0.0907. The molecule has 21 heavy (non-hydrogen) atoms. The smallest absolute Gasteiger partial charge is 0.387 e. The second-order valence-corrected chi connectivity index (χ2v) is 4.12. The number of ether oxygens (including phenoxy) is 2. The molecule has 0 fully saturated rings. The first-order valence-electron chi connectivity index (χ1n) is 6.05. The number of benzene rings is 2. The molecule has 0 saturated carbocycles. The summed E-state index contributed by atoms with van der Waals surface area (Å²) >= 11 is 0. The molecule has 0 saturated heterocycles. The monoisotopic (exact) mass is 294 g/mol. The number of carboxylic acid groups (broad SMARTS) is 1. The van der Waals surface area contributed by atoms with E-state index in [1.165, 1.54) is 12.1 Å². The molecule has 2 aromatic rings. The number of hydrogen-bond donors (Lipinski definition) is 1. The third-order valence-corrected chi connectivity index (χ3v) is 2.64. The van der Waals surface area contributed by atoms with E-state index in [1.807, 2.05) is 30.3 Å². The highest BCUT2D eigenvalue weighted by Crippen LogP contribution is 2.26. The molecule has 0 heterocycles. The van der Waals surface area contributed by atoms with Crippen LogP contribution in [0.15, 0.2) is 48.5 Å². The van der Waals surface area contributed by atoms with Crippen molar-refractivity contribution in [2.24, 2.45) is 0 Å². The minimum Gasteiger partial charge on any atom is -0.488 e. The number of rotatable bonds is 6. The second-order valence-electron chi connectivity index (χ2n) is 4.12. The highest BCUT2D eigenvalue weighted by molar-refractivity contribution is 5.91. The second kappa shape index (κ2) is 6.69. The third kappa shape index (κ3) is 4.17. The molecule has 4 nitrogen and oxygen atoms in total. The fourth-order valence-corrected chi connectivity index (χ4v) is 1.71. The van der Waals surface area contributed by atoms with E-state index in [-0.39, 0.29) is 23.7 Å². The maximum Gasteiger partial charge on any atom is 0.387 e. The fraction of sp³-hybridized carbons (Fsp3) is 0.133. The number of carbonyl (C=O) groups is 1. The van der Waals surface area contributed by atoms with Crippen LogP contribution in [0.25, 0.3) is 0 Å². The number of alkyl halides is 2. The molecule has 2 aromatic carbocycles. The lowest BCUT2D eigenvalue weighted by atomic mass is 10.2. The standard InChI is InChI=1S/C15H12F2O4/c16-15(17)21-11-6-7-13(12(8-11)14(18)19)20-9-10-4-2-1-3-5-10/h1-8,15H,9H2,(H,18,19). The molecular weight excluding hydrogens is 282 g/mol. The van der Waals surface area contributed by atoms with Crippen LogP contribution in [-0.4, -0.2) is 17.7 Å². The van der Waals surface area contributed by atoms with Crippen LogP contribution in [0.5, 0.6) is 11.5 Å². The topological polar surface area (TPSA) is 55.8 Å². The number of carboxylic acids is 1. The lowest BCUT2D eigenvalue weighted by molar-refractivity contribution is -0.0499. The molecule has 0 radical (unpaired) electrons. The van der Waals surface area contributed by atoms with E-state index in [0.717, 1.165) is 11.6 Å². The SMILES string of the molecule is O=C(O)c1cc(OC(F)F)ccc1OCc1ccccc1. The van der Waals surface area contributed by atoms with Crippen molar-refractivity contribution >= 4 is 5.97 Å². The number of halogens is 2. The van der Waals surface area contributed by atoms with Gasteiger partial charge in [-0.05, 0) is 23.8 Å². The van der Waals surface area contributed by atoms with Gasteiger partial charge in [-0.15, -0.1) is 0 Å². The number of aromatic carboxylic acids is 1. The Kier molecular flexibility index (Phi) is 4.71. The molecule has 1 N–H and O–H groups in total. The predicted molar refractivity (Wildman–Crippen MR) is 70.8 cm³/mol. The molecule has 0 aromatic heterocycles. The first kappa shape index (κ1) is 14.8. The molecule has 0 aliphatic rings. The summed E-state index contributed by atoms with van der Waals surface area (Å²) in [6, 6.07) is 12.7. The maximum atomic E-state index is 12.1. The molecule has 0 amide bonds. The van der Waals surface area contributed by atoms with Crippen LogP contribution in [0.2, 0.25) is 0 Å². The van der Waals surface area contributed by atoms with Crippen LogP contribution in [0.4, 0.5) is 8.78 Å². The van der Waals surface area contributed by atoms with Crippen molar-refractivity contribution in [3.63, 3.8) is 0 Å². The van der Waals surface area contributed by atoms with Crippen molar-refractivity contribution in [1.82, 2.24) is 0 Å². The molecule has 6 heteroatoms. The zero-order chi connectivity index (χ0) is 15.2. The van der Waals surface area contributed by atoms with Crippen LogP contribution in [-0.2, 0) is 6.61 Å². The molecule has 0 aliphatic carbocycles. The van der Waals surface area contributed by atoms with Crippen molar-refractivity contribution in [2.45, 2.75) is 13.2 Å². The zero-order valence-corrected chi connectivity index (χ0v) is 10.8. The van der Waals surface area contributed by atoms with Gasteiger partial charge in [0.1, 0.15) is 23.7 Å². The van der Waals surface area contributed by atoms with Crippen LogP contribution in [0.3, 0.4) is 0 Å². The van der Waals surface area contributed by atoms with E-state index < -0.39 is 12.6 Å². The third-order valence-electron chi connectivity index (χ3n) is 2.64. The summed E-state index contributed by atoms with van der Waals surface area (Å²) in [7, 11) is 0.